The highest BCUT2D eigenvalue weighted by Crippen LogP contribution is 2.25. The van der Waals surface area contributed by atoms with Gasteiger partial charge >= 0.3 is 5.97 Å². The standard InChI is InChI=1S/C14H26N2O2/c1-16-8-7-11(10-16)13(14(17)18-2)9-15-12-5-3-4-6-12/h11-13,15H,3-10H2,1-2H3. The lowest BCUT2D eigenvalue weighted by atomic mass is 9.91. The smallest absolute Gasteiger partial charge is 0.310 e. The van der Waals surface area contributed by atoms with Crippen LogP contribution in [0, 0.1) is 11.8 Å². The second kappa shape index (κ2) is 6.53. The average molecular weight is 254 g/mol. The molecular weight excluding hydrogens is 228 g/mol. The molecule has 1 aliphatic heterocycles. The maximum Gasteiger partial charge on any atom is 0.310 e. The van der Waals surface area contributed by atoms with E-state index in [0.717, 1.165) is 26.1 Å². The summed E-state index contributed by atoms with van der Waals surface area (Å²) in [6, 6.07) is 0.622. The quantitative estimate of drug-likeness (QED) is 0.750. The van der Waals surface area contributed by atoms with Gasteiger partial charge in [0.25, 0.3) is 0 Å². The molecule has 1 heterocycles. The van der Waals surface area contributed by atoms with Crippen LogP contribution in [-0.2, 0) is 9.53 Å². The normalized spacial score (nSPS) is 27.6. The first-order valence-corrected chi connectivity index (χ1v) is 7.20. The van der Waals surface area contributed by atoms with Crippen LogP contribution in [0.5, 0.6) is 0 Å². The van der Waals surface area contributed by atoms with E-state index in [9.17, 15) is 4.79 Å². The number of likely N-dealkylation sites (tertiary alicyclic amines) is 1. The monoisotopic (exact) mass is 254 g/mol. The van der Waals surface area contributed by atoms with Gasteiger partial charge < -0.3 is 15.0 Å². The molecular formula is C14H26N2O2. The lowest BCUT2D eigenvalue weighted by Gasteiger charge is -2.23. The summed E-state index contributed by atoms with van der Waals surface area (Å²) < 4.78 is 4.98. The number of hydrogen-bond donors (Lipinski definition) is 1. The van der Waals surface area contributed by atoms with E-state index in [-0.39, 0.29) is 11.9 Å². The Bertz CT molecular complexity index is 277. The Balaban J connectivity index is 1.86. The SMILES string of the molecule is COC(=O)C(CNC1CCCC1)C1CCN(C)C1. The van der Waals surface area contributed by atoms with Gasteiger partial charge in [-0.2, -0.15) is 0 Å². The second-order valence-electron chi connectivity index (χ2n) is 5.83. The third kappa shape index (κ3) is 3.45. The summed E-state index contributed by atoms with van der Waals surface area (Å²) in [4.78, 5) is 14.2. The van der Waals surface area contributed by atoms with E-state index in [0.29, 0.717) is 12.0 Å². The molecule has 18 heavy (non-hydrogen) atoms. The Kier molecular flexibility index (Phi) is 5.01. The van der Waals surface area contributed by atoms with E-state index in [2.05, 4.69) is 17.3 Å². The van der Waals surface area contributed by atoms with Crippen LogP contribution >= 0.6 is 0 Å². The van der Waals surface area contributed by atoms with Crippen LogP contribution in [0.2, 0.25) is 0 Å². The zero-order valence-corrected chi connectivity index (χ0v) is 11.7. The fourth-order valence-corrected chi connectivity index (χ4v) is 3.31. The number of hydrogen-bond acceptors (Lipinski definition) is 4. The summed E-state index contributed by atoms with van der Waals surface area (Å²) in [6.07, 6.45) is 6.29. The van der Waals surface area contributed by atoms with E-state index in [1.54, 1.807) is 0 Å². The van der Waals surface area contributed by atoms with Gasteiger partial charge in [0.15, 0.2) is 0 Å². The molecule has 0 aromatic rings. The third-order valence-corrected chi connectivity index (χ3v) is 4.48. The van der Waals surface area contributed by atoms with Gasteiger partial charge in [-0.3, -0.25) is 4.79 Å². The highest BCUT2D eigenvalue weighted by molar-refractivity contribution is 5.73. The highest BCUT2D eigenvalue weighted by atomic mass is 16.5. The van der Waals surface area contributed by atoms with Gasteiger partial charge in [-0.15, -0.1) is 0 Å². The number of rotatable bonds is 5. The van der Waals surface area contributed by atoms with Crippen LogP contribution in [0.1, 0.15) is 32.1 Å². The molecule has 1 N–H and O–H groups in total. The number of esters is 1. The molecule has 2 fully saturated rings. The molecule has 0 spiro atoms. The zero-order chi connectivity index (χ0) is 13.0. The molecule has 0 radical (unpaired) electrons. The number of nitrogens with zero attached hydrogens (tertiary/aromatic N) is 1. The van der Waals surface area contributed by atoms with Crippen molar-refractivity contribution < 1.29 is 9.53 Å². The van der Waals surface area contributed by atoms with Crippen molar-refractivity contribution in [2.45, 2.75) is 38.1 Å². The van der Waals surface area contributed by atoms with Gasteiger partial charge in [0.2, 0.25) is 0 Å². The maximum absolute atomic E-state index is 11.9. The van der Waals surface area contributed by atoms with Gasteiger partial charge in [0, 0.05) is 19.1 Å². The van der Waals surface area contributed by atoms with Crippen LogP contribution < -0.4 is 5.32 Å². The Hall–Kier alpha value is -0.610. The zero-order valence-electron chi connectivity index (χ0n) is 11.7. The molecule has 0 amide bonds. The molecule has 0 aromatic heterocycles. The van der Waals surface area contributed by atoms with Crippen LogP contribution in [0.3, 0.4) is 0 Å². The minimum Gasteiger partial charge on any atom is -0.469 e. The van der Waals surface area contributed by atoms with Gasteiger partial charge in [0.05, 0.1) is 13.0 Å². The Morgan fingerprint density at radius 3 is 2.67 bits per heavy atom. The third-order valence-electron chi connectivity index (χ3n) is 4.48. The van der Waals surface area contributed by atoms with E-state index >= 15 is 0 Å². The average Bonchev–Trinajstić information content (AvgIpc) is 3.01. The van der Waals surface area contributed by atoms with E-state index < -0.39 is 0 Å². The molecule has 2 rings (SSSR count). The predicted octanol–water partition coefficient (Wildman–Crippen LogP) is 1.26. The molecule has 1 aliphatic carbocycles. The molecule has 4 nitrogen and oxygen atoms in total. The number of carbonyl (C=O) groups excluding carboxylic acids is 1. The molecule has 4 heteroatoms. The second-order valence-corrected chi connectivity index (χ2v) is 5.83. The fourth-order valence-electron chi connectivity index (χ4n) is 3.31. The summed E-state index contributed by atoms with van der Waals surface area (Å²) in [5.74, 6) is 0.442. The van der Waals surface area contributed by atoms with E-state index in [1.807, 2.05) is 0 Å². The van der Waals surface area contributed by atoms with Crippen LogP contribution in [-0.4, -0.2) is 50.7 Å². The van der Waals surface area contributed by atoms with Crippen molar-refractivity contribution in [1.82, 2.24) is 10.2 Å². The number of ether oxygens (including phenoxy) is 1. The first-order chi connectivity index (χ1) is 8.70. The molecule has 0 aromatic carbocycles. The minimum atomic E-state index is -0.0409. The summed E-state index contributed by atoms with van der Waals surface area (Å²) >= 11 is 0. The highest BCUT2D eigenvalue weighted by Gasteiger charge is 2.33. The predicted molar refractivity (Wildman–Crippen MR) is 71.4 cm³/mol. The Morgan fingerprint density at radius 2 is 2.11 bits per heavy atom. The molecule has 0 bridgehead atoms. The van der Waals surface area contributed by atoms with Gasteiger partial charge in [-0.05, 0) is 38.8 Å². The number of nitrogens with one attached hydrogen (secondary N) is 1. The van der Waals surface area contributed by atoms with Gasteiger partial charge in [-0.25, -0.2) is 0 Å². The molecule has 2 unspecified atom stereocenters. The summed E-state index contributed by atoms with van der Waals surface area (Å²) in [6.45, 7) is 2.91. The van der Waals surface area contributed by atoms with Gasteiger partial charge in [0.1, 0.15) is 0 Å². The topological polar surface area (TPSA) is 41.6 Å². The summed E-state index contributed by atoms with van der Waals surface area (Å²) in [7, 11) is 3.63. The molecule has 1 saturated heterocycles. The van der Waals surface area contributed by atoms with Crippen molar-refractivity contribution in [3.8, 4) is 0 Å². The van der Waals surface area contributed by atoms with Crippen LogP contribution in [0.15, 0.2) is 0 Å². The van der Waals surface area contributed by atoms with Crippen molar-refractivity contribution in [3.63, 3.8) is 0 Å². The van der Waals surface area contributed by atoms with Crippen molar-refractivity contribution in [2.24, 2.45) is 11.8 Å². The first-order valence-electron chi connectivity index (χ1n) is 7.20. The molecule has 104 valence electrons. The number of methoxy groups -OCH3 is 1. The van der Waals surface area contributed by atoms with Crippen molar-refractivity contribution >= 4 is 5.97 Å². The van der Waals surface area contributed by atoms with Crippen LogP contribution in [0.4, 0.5) is 0 Å². The van der Waals surface area contributed by atoms with E-state index in [1.165, 1.54) is 32.8 Å². The van der Waals surface area contributed by atoms with Crippen molar-refractivity contribution in [1.29, 1.82) is 0 Å². The lowest BCUT2D eigenvalue weighted by Crippen LogP contribution is -2.39. The molecule has 1 saturated carbocycles. The van der Waals surface area contributed by atoms with E-state index in [4.69, 9.17) is 4.74 Å². The lowest BCUT2D eigenvalue weighted by molar-refractivity contribution is -0.147. The minimum absolute atomic E-state index is 0.0283. The molecule has 2 aliphatic rings. The largest absolute Gasteiger partial charge is 0.469 e. The first kappa shape index (κ1) is 13.8. The fraction of sp³-hybridized carbons (Fsp3) is 0.929. The summed E-state index contributed by atoms with van der Waals surface area (Å²) in [5.41, 5.74) is 0. The number of carbonyl (C=O) groups is 1. The van der Waals surface area contributed by atoms with Gasteiger partial charge in [-0.1, -0.05) is 12.8 Å². The Morgan fingerprint density at radius 1 is 1.39 bits per heavy atom. The Labute approximate surface area is 110 Å². The summed E-state index contributed by atoms with van der Waals surface area (Å²) in [5, 5.41) is 3.57. The van der Waals surface area contributed by atoms with Crippen LogP contribution in [0.25, 0.3) is 0 Å². The van der Waals surface area contributed by atoms with Crippen molar-refractivity contribution in [2.75, 3.05) is 33.8 Å². The van der Waals surface area contributed by atoms with Crippen molar-refractivity contribution in [3.05, 3.63) is 0 Å². The maximum atomic E-state index is 11.9. The molecule has 2 atom stereocenters.